The fourth-order valence-electron chi connectivity index (χ4n) is 4.79. The molecular weight excluding hydrogens is 568 g/mol. The van der Waals surface area contributed by atoms with Crippen molar-refractivity contribution in [3.8, 4) is 11.4 Å². The molecule has 0 spiro atoms. The third kappa shape index (κ3) is 8.15. The summed E-state index contributed by atoms with van der Waals surface area (Å²) in [6, 6.07) is 34.7. The average Bonchev–Trinajstić information content (AvgIpc) is 3.37. The highest BCUT2D eigenvalue weighted by Gasteiger charge is 2.16. The molecule has 0 saturated heterocycles. The summed E-state index contributed by atoms with van der Waals surface area (Å²) in [6.45, 7) is 7.69. The Hall–Kier alpha value is -4.40. The average molecular weight is 607 g/mol. The van der Waals surface area contributed by atoms with Gasteiger partial charge < -0.3 is 9.67 Å². The Balaban J connectivity index is 1.26. The third-order valence-electron chi connectivity index (χ3n) is 7.36. The largest absolute Gasteiger partial charge is 0.481 e. The number of aromatic nitrogens is 3. The van der Waals surface area contributed by atoms with Gasteiger partial charge in [0.05, 0.1) is 25.3 Å². The van der Waals surface area contributed by atoms with Crippen molar-refractivity contribution < 1.29 is 14.7 Å². The number of hydroxylamine groups is 1. The van der Waals surface area contributed by atoms with Crippen molar-refractivity contribution in [2.24, 2.45) is 7.05 Å². The first-order valence-electron chi connectivity index (χ1n) is 14.7. The molecule has 226 valence electrons. The number of hydrogen-bond donors (Lipinski definition) is 1. The van der Waals surface area contributed by atoms with Crippen molar-refractivity contribution in [2.75, 3.05) is 11.7 Å². The predicted molar refractivity (Wildman–Crippen MR) is 176 cm³/mol. The molecule has 0 aliphatic rings. The van der Waals surface area contributed by atoms with Crippen LogP contribution in [-0.4, -0.2) is 32.4 Å². The van der Waals surface area contributed by atoms with Crippen LogP contribution in [0.1, 0.15) is 43.0 Å². The topological polar surface area (TPSA) is 80.5 Å². The van der Waals surface area contributed by atoms with Crippen LogP contribution in [0.3, 0.4) is 0 Å². The van der Waals surface area contributed by atoms with Crippen LogP contribution in [0.4, 0.5) is 5.69 Å². The lowest BCUT2D eigenvalue weighted by molar-refractivity contribution is -0.136. The lowest BCUT2D eigenvalue weighted by Gasteiger charge is -2.24. The molecule has 0 aliphatic carbocycles. The van der Waals surface area contributed by atoms with Crippen molar-refractivity contribution >= 4 is 23.4 Å². The SMILES string of the molecule is Cn1c(Sc2ccc(CN(OCCc3ccccc3)c3ccc(CC(=O)O)cc3)cc2)nnc1-c1ccc(C(C)(C)C)cc1. The Morgan fingerprint density at radius 1 is 0.841 bits per heavy atom. The maximum absolute atomic E-state index is 11.1. The third-order valence-corrected chi connectivity index (χ3v) is 8.41. The second kappa shape index (κ2) is 13.9. The lowest BCUT2D eigenvalue weighted by Crippen LogP contribution is -2.24. The quantitative estimate of drug-likeness (QED) is 0.146. The van der Waals surface area contributed by atoms with Crippen LogP contribution in [0.25, 0.3) is 11.4 Å². The van der Waals surface area contributed by atoms with E-state index in [9.17, 15) is 4.79 Å². The van der Waals surface area contributed by atoms with Gasteiger partial charge in [-0.2, -0.15) is 0 Å². The standard InChI is InChI=1S/C36H38N4O3S/c1-36(2,3)30-16-14-29(15-17-30)34-37-38-35(39(34)4)44-32-20-12-28(13-21-32)25-40(43-23-22-26-8-6-5-7-9-26)31-18-10-27(11-19-31)24-33(41)42/h5-21H,22-25H2,1-4H3,(H,41,42). The Kier molecular flexibility index (Phi) is 9.82. The van der Waals surface area contributed by atoms with Gasteiger partial charge in [0.1, 0.15) is 0 Å². The Morgan fingerprint density at radius 3 is 2.14 bits per heavy atom. The second-order valence-corrected chi connectivity index (χ2v) is 12.8. The van der Waals surface area contributed by atoms with E-state index in [4.69, 9.17) is 9.94 Å². The minimum atomic E-state index is -0.848. The smallest absolute Gasteiger partial charge is 0.307 e. The summed E-state index contributed by atoms with van der Waals surface area (Å²) in [5, 5.41) is 20.8. The fraction of sp³-hybridized carbons (Fsp3) is 0.250. The highest BCUT2D eigenvalue weighted by molar-refractivity contribution is 7.99. The molecule has 1 heterocycles. The summed E-state index contributed by atoms with van der Waals surface area (Å²) in [5.41, 5.74) is 6.34. The first kappa shape index (κ1) is 31.0. The summed E-state index contributed by atoms with van der Waals surface area (Å²) in [4.78, 5) is 18.5. The van der Waals surface area contributed by atoms with Crippen LogP contribution in [0, 0.1) is 0 Å². The molecule has 1 aromatic heterocycles. The van der Waals surface area contributed by atoms with Gasteiger partial charge in [0.25, 0.3) is 0 Å². The number of carboxylic acid groups (broad SMARTS) is 1. The van der Waals surface area contributed by atoms with Crippen LogP contribution >= 0.6 is 11.8 Å². The molecule has 0 amide bonds. The number of rotatable bonds is 12. The van der Waals surface area contributed by atoms with Crippen LogP contribution in [0.15, 0.2) is 113 Å². The molecule has 5 rings (SSSR count). The zero-order valence-corrected chi connectivity index (χ0v) is 26.4. The first-order valence-corrected chi connectivity index (χ1v) is 15.5. The highest BCUT2D eigenvalue weighted by Crippen LogP contribution is 2.31. The Morgan fingerprint density at radius 2 is 1.50 bits per heavy atom. The van der Waals surface area contributed by atoms with Gasteiger partial charge in [0.15, 0.2) is 11.0 Å². The van der Waals surface area contributed by atoms with E-state index in [2.05, 4.69) is 91.6 Å². The van der Waals surface area contributed by atoms with Crippen molar-refractivity contribution in [2.45, 2.75) is 55.6 Å². The zero-order valence-electron chi connectivity index (χ0n) is 25.6. The highest BCUT2D eigenvalue weighted by atomic mass is 32.2. The van der Waals surface area contributed by atoms with Crippen LogP contribution in [0.2, 0.25) is 0 Å². The van der Waals surface area contributed by atoms with Crippen molar-refractivity contribution in [1.29, 1.82) is 0 Å². The van der Waals surface area contributed by atoms with Gasteiger partial charge >= 0.3 is 5.97 Å². The molecule has 0 unspecified atom stereocenters. The Bertz CT molecular complexity index is 1660. The van der Waals surface area contributed by atoms with E-state index in [1.54, 1.807) is 11.8 Å². The molecule has 4 aromatic carbocycles. The zero-order chi connectivity index (χ0) is 31.1. The minimum absolute atomic E-state index is 0.00916. The van der Waals surface area contributed by atoms with Crippen molar-refractivity contribution in [3.05, 3.63) is 125 Å². The minimum Gasteiger partial charge on any atom is -0.481 e. The van der Waals surface area contributed by atoms with Gasteiger partial charge in [-0.15, -0.1) is 10.2 Å². The molecule has 0 radical (unpaired) electrons. The fourth-order valence-corrected chi connectivity index (χ4v) is 5.58. The van der Waals surface area contributed by atoms with E-state index in [0.717, 1.165) is 44.7 Å². The maximum atomic E-state index is 11.1. The lowest BCUT2D eigenvalue weighted by atomic mass is 9.87. The van der Waals surface area contributed by atoms with Gasteiger partial charge in [-0.3, -0.25) is 9.63 Å². The van der Waals surface area contributed by atoms with E-state index < -0.39 is 5.97 Å². The predicted octanol–water partition coefficient (Wildman–Crippen LogP) is 7.74. The van der Waals surface area contributed by atoms with E-state index in [1.165, 1.54) is 11.1 Å². The van der Waals surface area contributed by atoms with Gasteiger partial charge in [-0.05, 0) is 70.1 Å². The normalized spacial score (nSPS) is 11.5. The molecule has 1 N–H and O–H groups in total. The summed E-state index contributed by atoms with van der Waals surface area (Å²) in [7, 11) is 2.00. The first-order chi connectivity index (χ1) is 21.2. The molecule has 7 nitrogen and oxygen atoms in total. The summed E-state index contributed by atoms with van der Waals surface area (Å²) in [5.74, 6) is -0.0128. The van der Waals surface area contributed by atoms with E-state index >= 15 is 0 Å². The van der Waals surface area contributed by atoms with Crippen molar-refractivity contribution in [1.82, 2.24) is 14.8 Å². The van der Waals surface area contributed by atoms with E-state index in [1.807, 2.05) is 59.1 Å². The monoisotopic (exact) mass is 606 g/mol. The molecule has 0 fully saturated rings. The molecule has 0 aliphatic heterocycles. The van der Waals surface area contributed by atoms with Gasteiger partial charge in [-0.1, -0.05) is 99.6 Å². The number of benzene rings is 4. The van der Waals surface area contributed by atoms with Gasteiger partial charge in [0.2, 0.25) is 0 Å². The molecule has 0 saturated carbocycles. The summed E-state index contributed by atoms with van der Waals surface area (Å²) in [6.07, 6.45) is 0.773. The summed E-state index contributed by atoms with van der Waals surface area (Å²) >= 11 is 1.58. The Labute approximate surface area is 263 Å². The molecule has 0 atom stereocenters. The second-order valence-electron chi connectivity index (χ2n) is 11.8. The maximum Gasteiger partial charge on any atom is 0.307 e. The van der Waals surface area contributed by atoms with E-state index in [0.29, 0.717) is 13.2 Å². The number of anilines is 1. The molecule has 0 bridgehead atoms. The van der Waals surface area contributed by atoms with Crippen LogP contribution < -0.4 is 5.06 Å². The molecule has 44 heavy (non-hydrogen) atoms. The van der Waals surface area contributed by atoms with E-state index in [-0.39, 0.29) is 11.8 Å². The number of nitrogens with zero attached hydrogens (tertiary/aromatic N) is 4. The van der Waals surface area contributed by atoms with Crippen molar-refractivity contribution in [3.63, 3.8) is 0 Å². The number of aliphatic carboxylic acids is 1. The van der Waals surface area contributed by atoms with Gasteiger partial charge in [0, 0.05) is 17.5 Å². The van der Waals surface area contributed by atoms with Gasteiger partial charge in [-0.25, -0.2) is 5.06 Å². The molecule has 5 aromatic rings. The number of carbonyl (C=O) groups is 1. The number of hydrogen-bond acceptors (Lipinski definition) is 6. The van der Waals surface area contributed by atoms with Crippen LogP contribution in [0.5, 0.6) is 0 Å². The summed E-state index contributed by atoms with van der Waals surface area (Å²) < 4.78 is 2.03. The molecular formula is C36H38N4O3S. The van der Waals surface area contributed by atoms with Crippen LogP contribution in [-0.2, 0) is 41.5 Å². The number of carboxylic acids is 1. The molecule has 8 heteroatoms.